The number of aliphatic hydroxyl groups is 1. The zero-order valence-electron chi connectivity index (χ0n) is 27.4. The van der Waals surface area contributed by atoms with Crippen LogP contribution in [-0.4, -0.2) is 57.2 Å². The molecular formula is C33H53NO7Si. The minimum Gasteiger partial charge on any atom is -0.497 e. The molecule has 2 aromatic rings. The molecule has 236 valence electrons. The van der Waals surface area contributed by atoms with Gasteiger partial charge in [0.25, 0.3) is 0 Å². The van der Waals surface area contributed by atoms with Crippen molar-refractivity contribution in [1.82, 2.24) is 4.98 Å². The second-order valence-electron chi connectivity index (χ2n) is 13.3. The summed E-state index contributed by atoms with van der Waals surface area (Å²) in [7, 11) is 0.999. The number of ketones is 1. The van der Waals surface area contributed by atoms with E-state index in [0.29, 0.717) is 31.0 Å². The Morgan fingerprint density at radius 3 is 2.33 bits per heavy atom. The van der Waals surface area contributed by atoms with E-state index in [-0.39, 0.29) is 35.9 Å². The molecule has 4 atom stereocenters. The molecule has 0 spiro atoms. The van der Waals surface area contributed by atoms with Crippen LogP contribution in [0.3, 0.4) is 0 Å². The molecule has 42 heavy (non-hydrogen) atoms. The summed E-state index contributed by atoms with van der Waals surface area (Å²) >= 11 is 0. The van der Waals surface area contributed by atoms with Crippen LogP contribution in [0.2, 0.25) is 18.1 Å². The number of ether oxygens (including phenoxy) is 3. The minimum absolute atomic E-state index is 0.000653. The van der Waals surface area contributed by atoms with E-state index in [2.05, 4.69) is 45.4 Å². The van der Waals surface area contributed by atoms with Crippen LogP contribution in [0.5, 0.6) is 5.75 Å². The maximum Gasteiger partial charge on any atom is 0.196 e. The Labute approximate surface area is 253 Å². The number of Topliss-reactive ketones (excluding diaryl/α,β-unsaturated/α-hetero) is 1. The van der Waals surface area contributed by atoms with Crippen molar-refractivity contribution in [3.05, 3.63) is 60.3 Å². The summed E-state index contributed by atoms with van der Waals surface area (Å²) in [6, 6.07) is 7.63. The summed E-state index contributed by atoms with van der Waals surface area (Å²) in [5.74, 6) is 0.873. The van der Waals surface area contributed by atoms with Crippen molar-refractivity contribution in [2.24, 2.45) is 11.3 Å². The number of benzene rings is 1. The van der Waals surface area contributed by atoms with Crippen LogP contribution < -0.4 is 4.74 Å². The molecule has 1 aromatic carbocycles. The zero-order chi connectivity index (χ0) is 31.7. The normalized spacial score (nSPS) is 15.6. The van der Waals surface area contributed by atoms with E-state index in [1.807, 2.05) is 45.0 Å². The predicted molar refractivity (Wildman–Crippen MR) is 168 cm³/mol. The van der Waals surface area contributed by atoms with Gasteiger partial charge in [-0.3, -0.25) is 4.79 Å². The lowest BCUT2D eigenvalue weighted by Crippen LogP contribution is -2.52. The summed E-state index contributed by atoms with van der Waals surface area (Å²) in [5, 5.41) is 11.4. The molecule has 0 saturated carbocycles. The highest BCUT2D eigenvalue weighted by atomic mass is 28.4. The number of aromatic nitrogens is 1. The molecule has 2 rings (SSSR count). The third-order valence-corrected chi connectivity index (χ3v) is 13.1. The van der Waals surface area contributed by atoms with Gasteiger partial charge in [-0.15, -0.1) is 6.58 Å². The second-order valence-corrected chi connectivity index (χ2v) is 18.0. The van der Waals surface area contributed by atoms with E-state index < -0.39 is 25.9 Å². The Hall–Kier alpha value is -2.30. The molecule has 0 unspecified atom stereocenters. The third-order valence-electron chi connectivity index (χ3n) is 8.60. The van der Waals surface area contributed by atoms with Crippen molar-refractivity contribution < 1.29 is 33.0 Å². The maximum atomic E-state index is 13.2. The van der Waals surface area contributed by atoms with E-state index in [1.165, 1.54) is 0 Å². The van der Waals surface area contributed by atoms with Gasteiger partial charge in [-0.05, 0) is 42.2 Å². The monoisotopic (exact) mass is 603 g/mol. The summed E-state index contributed by atoms with van der Waals surface area (Å²) in [6.45, 7) is 21.1. The smallest absolute Gasteiger partial charge is 0.196 e. The second kappa shape index (κ2) is 15.4. The van der Waals surface area contributed by atoms with Crippen LogP contribution in [0, 0.1) is 11.3 Å². The van der Waals surface area contributed by atoms with Gasteiger partial charge >= 0.3 is 0 Å². The summed E-state index contributed by atoms with van der Waals surface area (Å²) in [4.78, 5) is 17.9. The average Bonchev–Trinajstić information content (AvgIpc) is 3.39. The van der Waals surface area contributed by atoms with Gasteiger partial charge in [0.05, 0.1) is 32.5 Å². The molecule has 0 amide bonds. The molecule has 0 bridgehead atoms. The number of rotatable bonds is 18. The lowest BCUT2D eigenvalue weighted by Gasteiger charge is -2.45. The first-order valence-corrected chi connectivity index (χ1v) is 17.6. The van der Waals surface area contributed by atoms with Gasteiger partial charge in [-0.25, -0.2) is 4.98 Å². The lowest BCUT2D eigenvalue weighted by molar-refractivity contribution is -0.130. The molecule has 0 fully saturated rings. The topological polar surface area (TPSA) is 100 Å². The fourth-order valence-corrected chi connectivity index (χ4v) is 5.69. The molecule has 9 heteroatoms. The van der Waals surface area contributed by atoms with Crippen LogP contribution in [0.4, 0.5) is 0 Å². The Balaban J connectivity index is 2.14. The molecule has 0 aliphatic carbocycles. The number of methoxy groups -OCH3 is 2. The van der Waals surface area contributed by atoms with E-state index in [0.717, 1.165) is 11.3 Å². The molecule has 8 nitrogen and oxygen atoms in total. The van der Waals surface area contributed by atoms with Crippen LogP contribution in [0.15, 0.2) is 47.6 Å². The molecule has 1 aromatic heterocycles. The Bertz CT molecular complexity index is 1120. The van der Waals surface area contributed by atoms with Crippen molar-refractivity contribution in [2.75, 3.05) is 20.8 Å². The van der Waals surface area contributed by atoms with Crippen LogP contribution in [0.1, 0.15) is 77.6 Å². The summed E-state index contributed by atoms with van der Waals surface area (Å²) in [5.41, 5.74) is 0.916. The first-order chi connectivity index (χ1) is 19.5. The van der Waals surface area contributed by atoms with Gasteiger partial charge in [0.1, 0.15) is 29.6 Å². The van der Waals surface area contributed by atoms with Gasteiger partial charge in [0.15, 0.2) is 14.2 Å². The standard InChI is InChI=1S/C33H53NO7Si/c1-12-13-28(38-9)26-22-40-31(34-26)19-30(41-42(10,11)32(3,4)5)33(6,7)29(36)18-27(35)23(2)20-39-21-24-14-16-25(37-8)17-15-24/h12,14-17,22-23,28-30,36H,1,13,18-21H2,2-11H3/t23-,28-,29+,30-/m0/s1. The van der Waals surface area contributed by atoms with Crippen LogP contribution in [-0.2, 0) is 31.7 Å². The highest BCUT2D eigenvalue weighted by Gasteiger charge is 2.46. The van der Waals surface area contributed by atoms with Crippen LogP contribution in [0.25, 0.3) is 0 Å². The van der Waals surface area contributed by atoms with Crippen molar-refractivity contribution in [2.45, 2.75) is 104 Å². The highest BCUT2D eigenvalue weighted by Crippen LogP contribution is 2.42. The van der Waals surface area contributed by atoms with Crippen LogP contribution >= 0.6 is 0 Å². The largest absolute Gasteiger partial charge is 0.497 e. The first-order valence-electron chi connectivity index (χ1n) is 14.7. The number of hydrogen-bond acceptors (Lipinski definition) is 8. The number of carbonyl (C=O) groups is 1. The quantitative estimate of drug-likeness (QED) is 0.143. The average molecular weight is 604 g/mol. The molecular weight excluding hydrogens is 550 g/mol. The molecule has 0 aliphatic rings. The molecule has 0 radical (unpaired) electrons. The predicted octanol–water partition coefficient (Wildman–Crippen LogP) is 7.08. The number of aliphatic hydroxyl groups excluding tert-OH is 1. The van der Waals surface area contributed by atoms with Gasteiger partial charge < -0.3 is 28.2 Å². The number of carbonyl (C=O) groups excluding carboxylic acids is 1. The Morgan fingerprint density at radius 2 is 1.79 bits per heavy atom. The van der Waals surface area contributed by atoms with Crippen molar-refractivity contribution >= 4 is 14.1 Å². The molecule has 1 N–H and O–H groups in total. The van der Waals surface area contributed by atoms with E-state index in [4.69, 9.17) is 23.1 Å². The highest BCUT2D eigenvalue weighted by molar-refractivity contribution is 6.74. The fourth-order valence-electron chi connectivity index (χ4n) is 4.24. The number of oxazole rings is 1. The Morgan fingerprint density at radius 1 is 1.14 bits per heavy atom. The lowest BCUT2D eigenvalue weighted by atomic mass is 9.76. The first kappa shape index (κ1) is 35.9. The van der Waals surface area contributed by atoms with Gasteiger partial charge in [-0.1, -0.05) is 59.8 Å². The minimum atomic E-state index is -2.26. The van der Waals surface area contributed by atoms with E-state index in [1.54, 1.807) is 26.6 Å². The zero-order valence-corrected chi connectivity index (χ0v) is 28.4. The Kier molecular flexibility index (Phi) is 13.2. The van der Waals surface area contributed by atoms with Gasteiger partial charge in [-0.2, -0.15) is 0 Å². The molecule has 0 aliphatic heterocycles. The van der Waals surface area contributed by atoms with E-state index in [9.17, 15) is 9.90 Å². The van der Waals surface area contributed by atoms with Gasteiger partial charge in [0.2, 0.25) is 0 Å². The molecule has 1 heterocycles. The van der Waals surface area contributed by atoms with Crippen molar-refractivity contribution in [1.29, 1.82) is 0 Å². The third kappa shape index (κ3) is 9.88. The van der Waals surface area contributed by atoms with E-state index >= 15 is 0 Å². The summed E-state index contributed by atoms with van der Waals surface area (Å²) < 4.78 is 29.3. The van der Waals surface area contributed by atoms with Crippen molar-refractivity contribution in [3.8, 4) is 5.75 Å². The fraction of sp³-hybridized carbons (Fsp3) is 0.636. The number of hydrogen-bond donors (Lipinski definition) is 1. The van der Waals surface area contributed by atoms with Gasteiger partial charge in [0, 0.05) is 31.3 Å². The SMILES string of the molecule is C=CC[C@H](OC)c1coc(C[C@H](O[Si](C)(C)C(C)(C)C)C(C)(C)[C@H](O)CC(=O)[C@@H](C)COCc2ccc(OC)cc2)n1. The summed E-state index contributed by atoms with van der Waals surface area (Å²) in [6.07, 6.45) is 2.74. The maximum absolute atomic E-state index is 13.2. The van der Waals surface area contributed by atoms with Crippen molar-refractivity contribution in [3.63, 3.8) is 0 Å². The number of nitrogens with zero attached hydrogens (tertiary/aromatic N) is 1. The molecule has 0 saturated heterocycles.